The second kappa shape index (κ2) is 6.77. The van der Waals surface area contributed by atoms with Crippen LogP contribution in [0.4, 0.5) is 0 Å². The first-order valence-corrected chi connectivity index (χ1v) is 9.65. The smallest absolute Gasteiger partial charge is 0.240 e. The molecule has 3 N–H and O–H groups in total. The highest BCUT2D eigenvalue weighted by molar-refractivity contribution is 9.10. The normalized spacial score (nSPS) is 19.2. The van der Waals surface area contributed by atoms with E-state index in [-0.39, 0.29) is 0 Å². The lowest BCUT2D eigenvalue weighted by molar-refractivity contribution is 0.369. The van der Waals surface area contributed by atoms with E-state index < -0.39 is 15.6 Å². The molecule has 0 amide bonds. The molecule has 0 aliphatic heterocycles. The van der Waals surface area contributed by atoms with Gasteiger partial charge in [-0.15, -0.1) is 0 Å². The Labute approximate surface area is 135 Å². The van der Waals surface area contributed by atoms with Gasteiger partial charge in [0.1, 0.15) is 0 Å². The monoisotopic (exact) mass is 374 g/mol. The Morgan fingerprint density at radius 3 is 2.43 bits per heavy atom. The van der Waals surface area contributed by atoms with Gasteiger partial charge in [0.2, 0.25) is 10.0 Å². The van der Waals surface area contributed by atoms with Crippen molar-refractivity contribution in [2.24, 2.45) is 5.73 Å². The molecule has 0 saturated heterocycles. The summed E-state index contributed by atoms with van der Waals surface area (Å²) in [6, 6.07) is 5.03. The van der Waals surface area contributed by atoms with Crippen LogP contribution in [-0.4, -0.2) is 20.5 Å². The van der Waals surface area contributed by atoms with Crippen molar-refractivity contribution in [2.45, 2.75) is 55.9 Å². The number of hydrogen-bond acceptors (Lipinski definition) is 3. The van der Waals surface area contributed by atoms with E-state index in [9.17, 15) is 8.42 Å². The van der Waals surface area contributed by atoms with Gasteiger partial charge >= 0.3 is 0 Å². The summed E-state index contributed by atoms with van der Waals surface area (Å²) < 4.78 is 28.4. The van der Waals surface area contributed by atoms with Crippen LogP contribution in [0.5, 0.6) is 0 Å². The summed E-state index contributed by atoms with van der Waals surface area (Å²) in [5.74, 6) is 0. The number of benzene rings is 1. The van der Waals surface area contributed by atoms with Crippen LogP contribution in [0.15, 0.2) is 27.6 Å². The minimum absolute atomic E-state index is 0.292. The molecule has 1 aliphatic carbocycles. The largest absolute Gasteiger partial charge is 0.324 e. The van der Waals surface area contributed by atoms with Gasteiger partial charge in [0.05, 0.1) is 4.90 Å². The summed E-state index contributed by atoms with van der Waals surface area (Å²) >= 11 is 3.38. The van der Waals surface area contributed by atoms with Crippen LogP contribution in [0, 0.1) is 6.92 Å². The van der Waals surface area contributed by atoms with Gasteiger partial charge in [-0.25, -0.2) is 13.1 Å². The molecule has 21 heavy (non-hydrogen) atoms. The molecule has 0 unspecified atom stereocenters. The van der Waals surface area contributed by atoms with Crippen LogP contribution in [-0.2, 0) is 10.0 Å². The highest BCUT2D eigenvalue weighted by Crippen LogP contribution is 2.25. The predicted octanol–water partition coefficient (Wildman–Crippen LogP) is 3.09. The molecular weight excluding hydrogens is 352 g/mol. The SMILES string of the molecule is Cc1cc(S(=O)(=O)NCC2(N)CCCCCC2)ccc1Br. The predicted molar refractivity (Wildman–Crippen MR) is 88.7 cm³/mol. The highest BCUT2D eigenvalue weighted by Gasteiger charge is 2.28. The molecule has 0 bridgehead atoms. The van der Waals surface area contributed by atoms with E-state index in [1.165, 1.54) is 12.8 Å². The van der Waals surface area contributed by atoms with Crippen molar-refractivity contribution in [2.75, 3.05) is 6.54 Å². The van der Waals surface area contributed by atoms with Gasteiger partial charge in [-0.1, -0.05) is 41.6 Å². The van der Waals surface area contributed by atoms with E-state index >= 15 is 0 Å². The van der Waals surface area contributed by atoms with Crippen LogP contribution in [0.2, 0.25) is 0 Å². The molecule has 0 heterocycles. The Kier molecular flexibility index (Phi) is 5.46. The quantitative estimate of drug-likeness (QED) is 0.795. The standard InChI is InChI=1S/C15H23BrN2O2S/c1-12-10-13(6-7-14(12)16)21(19,20)18-11-15(17)8-4-2-3-5-9-15/h6-7,10,18H,2-5,8-9,11,17H2,1H3. The van der Waals surface area contributed by atoms with Gasteiger partial charge in [-0.3, -0.25) is 0 Å². The molecule has 0 aromatic heterocycles. The average Bonchev–Trinajstić information content (AvgIpc) is 2.65. The second-order valence-electron chi connectivity index (χ2n) is 6.01. The maximum atomic E-state index is 12.4. The molecule has 1 saturated carbocycles. The molecule has 1 aromatic rings. The Morgan fingerprint density at radius 1 is 1.24 bits per heavy atom. The van der Waals surface area contributed by atoms with Gasteiger partial charge in [0.25, 0.3) is 0 Å². The van der Waals surface area contributed by atoms with E-state index in [0.29, 0.717) is 11.4 Å². The Bertz CT molecular complexity index is 594. The van der Waals surface area contributed by atoms with Gasteiger partial charge in [0, 0.05) is 16.6 Å². The Balaban J connectivity index is 2.08. The van der Waals surface area contributed by atoms with Crippen molar-refractivity contribution >= 4 is 26.0 Å². The van der Waals surface area contributed by atoms with Crippen molar-refractivity contribution in [1.82, 2.24) is 4.72 Å². The lowest BCUT2D eigenvalue weighted by Gasteiger charge is -2.28. The second-order valence-corrected chi connectivity index (χ2v) is 8.63. The molecule has 0 radical (unpaired) electrons. The van der Waals surface area contributed by atoms with E-state index in [2.05, 4.69) is 20.7 Å². The molecule has 6 heteroatoms. The number of nitrogens with two attached hydrogens (primary N) is 1. The zero-order valence-corrected chi connectivity index (χ0v) is 14.8. The maximum Gasteiger partial charge on any atom is 0.240 e. The van der Waals surface area contributed by atoms with E-state index in [1.807, 2.05) is 6.92 Å². The van der Waals surface area contributed by atoms with E-state index in [1.54, 1.807) is 18.2 Å². The fourth-order valence-corrected chi connectivity index (χ4v) is 4.19. The van der Waals surface area contributed by atoms with Crippen molar-refractivity contribution in [3.8, 4) is 0 Å². The number of hydrogen-bond donors (Lipinski definition) is 2. The van der Waals surface area contributed by atoms with E-state index in [0.717, 1.165) is 35.7 Å². The van der Waals surface area contributed by atoms with Crippen molar-refractivity contribution < 1.29 is 8.42 Å². The third-order valence-electron chi connectivity index (χ3n) is 4.15. The molecule has 1 aromatic carbocycles. The number of aryl methyl sites for hydroxylation is 1. The van der Waals surface area contributed by atoms with Crippen LogP contribution in [0.3, 0.4) is 0 Å². The van der Waals surface area contributed by atoms with Gasteiger partial charge in [-0.05, 0) is 43.5 Å². The van der Waals surface area contributed by atoms with Gasteiger partial charge in [0.15, 0.2) is 0 Å². The third kappa shape index (κ3) is 4.52. The molecular formula is C15H23BrN2O2S. The average molecular weight is 375 g/mol. The zero-order chi connectivity index (χ0) is 15.5. The number of nitrogens with one attached hydrogen (secondary N) is 1. The first-order valence-electron chi connectivity index (χ1n) is 7.37. The number of halogens is 1. The summed E-state index contributed by atoms with van der Waals surface area (Å²) in [6.45, 7) is 2.18. The zero-order valence-electron chi connectivity index (χ0n) is 12.4. The molecule has 4 nitrogen and oxygen atoms in total. The van der Waals surface area contributed by atoms with Crippen LogP contribution in [0.1, 0.15) is 44.1 Å². The van der Waals surface area contributed by atoms with Crippen LogP contribution < -0.4 is 10.5 Å². The summed E-state index contributed by atoms with van der Waals surface area (Å²) in [7, 11) is -3.50. The van der Waals surface area contributed by atoms with Crippen LogP contribution in [0.25, 0.3) is 0 Å². The summed E-state index contributed by atoms with van der Waals surface area (Å²) in [4.78, 5) is 0.292. The molecule has 0 spiro atoms. The van der Waals surface area contributed by atoms with Crippen LogP contribution >= 0.6 is 15.9 Å². The Morgan fingerprint density at radius 2 is 1.86 bits per heavy atom. The molecule has 0 atom stereocenters. The summed E-state index contributed by atoms with van der Waals surface area (Å²) in [6.07, 6.45) is 6.31. The molecule has 118 valence electrons. The lowest BCUT2D eigenvalue weighted by Crippen LogP contribution is -2.49. The fourth-order valence-electron chi connectivity index (χ4n) is 2.72. The summed E-state index contributed by atoms with van der Waals surface area (Å²) in [5.41, 5.74) is 6.85. The molecule has 1 fully saturated rings. The topological polar surface area (TPSA) is 72.2 Å². The van der Waals surface area contributed by atoms with Crippen molar-refractivity contribution in [3.05, 3.63) is 28.2 Å². The Hall–Kier alpha value is -0.430. The number of sulfonamides is 1. The highest BCUT2D eigenvalue weighted by atomic mass is 79.9. The fraction of sp³-hybridized carbons (Fsp3) is 0.600. The molecule has 2 rings (SSSR count). The first-order chi connectivity index (χ1) is 9.82. The minimum atomic E-state index is -3.50. The first kappa shape index (κ1) is 16.9. The third-order valence-corrected chi connectivity index (χ3v) is 6.44. The van der Waals surface area contributed by atoms with Gasteiger partial charge < -0.3 is 5.73 Å². The minimum Gasteiger partial charge on any atom is -0.324 e. The lowest BCUT2D eigenvalue weighted by atomic mass is 9.92. The maximum absolute atomic E-state index is 12.4. The number of rotatable bonds is 4. The van der Waals surface area contributed by atoms with Gasteiger partial charge in [-0.2, -0.15) is 0 Å². The van der Waals surface area contributed by atoms with Crippen molar-refractivity contribution in [3.63, 3.8) is 0 Å². The molecule has 1 aliphatic rings. The van der Waals surface area contributed by atoms with Crippen molar-refractivity contribution in [1.29, 1.82) is 0 Å². The summed E-state index contributed by atoms with van der Waals surface area (Å²) in [5, 5.41) is 0. The van der Waals surface area contributed by atoms with E-state index in [4.69, 9.17) is 5.73 Å².